The van der Waals surface area contributed by atoms with Crippen molar-refractivity contribution in [3.05, 3.63) is 88.0 Å². The van der Waals surface area contributed by atoms with Gasteiger partial charge in [-0.05, 0) is 78.0 Å². The standard InChI is InChI=1S/C23H21IN2O5S/c1-2-31-23(28)20-10-6-7-11-21(20)25-22(27)16-26(18-14-12-17(24)13-15-18)32(29,30)19-8-4-3-5-9-19/h3-15H,2,16H2,1H3,(H,25,27). The molecule has 0 aliphatic rings. The average molecular weight is 564 g/mol. The van der Waals surface area contributed by atoms with Gasteiger partial charge < -0.3 is 10.1 Å². The summed E-state index contributed by atoms with van der Waals surface area (Å²) >= 11 is 2.12. The second-order valence-electron chi connectivity index (χ2n) is 6.62. The van der Waals surface area contributed by atoms with Crippen LogP contribution in [0.3, 0.4) is 0 Å². The fourth-order valence-electron chi connectivity index (χ4n) is 2.94. The molecule has 32 heavy (non-hydrogen) atoms. The lowest BCUT2D eigenvalue weighted by molar-refractivity contribution is -0.114. The third-order valence-corrected chi connectivity index (χ3v) is 6.94. The molecule has 0 fully saturated rings. The summed E-state index contributed by atoms with van der Waals surface area (Å²) < 4.78 is 33.7. The normalized spacial score (nSPS) is 10.9. The van der Waals surface area contributed by atoms with Crippen LogP contribution in [-0.2, 0) is 19.6 Å². The Balaban J connectivity index is 1.92. The summed E-state index contributed by atoms with van der Waals surface area (Å²) in [4.78, 5) is 25.2. The maximum atomic E-state index is 13.3. The third kappa shape index (κ3) is 5.65. The second-order valence-corrected chi connectivity index (χ2v) is 9.72. The predicted octanol–water partition coefficient (Wildman–Crippen LogP) is 4.30. The molecule has 9 heteroatoms. The highest BCUT2D eigenvalue weighted by Crippen LogP contribution is 2.25. The molecule has 166 valence electrons. The summed E-state index contributed by atoms with van der Waals surface area (Å²) in [5.74, 6) is -1.17. The van der Waals surface area contributed by atoms with Crippen molar-refractivity contribution in [2.24, 2.45) is 0 Å². The minimum absolute atomic E-state index is 0.0678. The van der Waals surface area contributed by atoms with Gasteiger partial charge in [-0.3, -0.25) is 9.10 Å². The van der Waals surface area contributed by atoms with Crippen LogP contribution >= 0.6 is 22.6 Å². The number of hydrogen-bond acceptors (Lipinski definition) is 5. The molecule has 0 atom stereocenters. The molecular formula is C23H21IN2O5S. The predicted molar refractivity (Wildman–Crippen MR) is 131 cm³/mol. The summed E-state index contributed by atoms with van der Waals surface area (Å²) in [5.41, 5.74) is 0.785. The van der Waals surface area contributed by atoms with Crippen molar-refractivity contribution in [3.63, 3.8) is 0 Å². The first-order chi connectivity index (χ1) is 15.3. The van der Waals surface area contributed by atoms with Crippen LogP contribution in [0.15, 0.2) is 83.8 Å². The van der Waals surface area contributed by atoms with Crippen molar-refractivity contribution in [3.8, 4) is 0 Å². The number of sulfonamides is 1. The Kier molecular flexibility index (Phi) is 7.86. The Morgan fingerprint density at radius 3 is 2.22 bits per heavy atom. The second kappa shape index (κ2) is 10.6. The number of para-hydroxylation sites is 1. The molecular weight excluding hydrogens is 543 g/mol. The number of hydrogen-bond donors (Lipinski definition) is 1. The monoisotopic (exact) mass is 564 g/mol. The Labute approximate surface area is 200 Å². The molecule has 0 bridgehead atoms. The van der Waals surface area contributed by atoms with E-state index in [1.54, 1.807) is 67.6 Å². The van der Waals surface area contributed by atoms with Gasteiger partial charge in [0.25, 0.3) is 10.0 Å². The molecule has 7 nitrogen and oxygen atoms in total. The van der Waals surface area contributed by atoms with Crippen LogP contribution in [0.5, 0.6) is 0 Å². The minimum atomic E-state index is -4.01. The number of carbonyl (C=O) groups excluding carboxylic acids is 2. The van der Waals surface area contributed by atoms with Gasteiger partial charge in [0.15, 0.2) is 0 Å². The van der Waals surface area contributed by atoms with Crippen molar-refractivity contribution >= 4 is 55.9 Å². The molecule has 0 radical (unpaired) electrons. The lowest BCUT2D eigenvalue weighted by Crippen LogP contribution is -2.38. The van der Waals surface area contributed by atoms with Gasteiger partial charge in [-0.15, -0.1) is 0 Å². The Morgan fingerprint density at radius 2 is 1.56 bits per heavy atom. The van der Waals surface area contributed by atoms with Crippen molar-refractivity contribution < 1.29 is 22.7 Å². The number of esters is 1. The molecule has 0 aliphatic carbocycles. The lowest BCUT2D eigenvalue weighted by Gasteiger charge is -2.24. The van der Waals surface area contributed by atoms with Gasteiger partial charge in [0, 0.05) is 3.57 Å². The van der Waals surface area contributed by atoms with Gasteiger partial charge >= 0.3 is 5.97 Å². The summed E-state index contributed by atoms with van der Waals surface area (Å²) in [6.45, 7) is 1.40. The molecule has 0 aliphatic heterocycles. The zero-order valence-corrected chi connectivity index (χ0v) is 20.2. The number of ether oxygens (including phenoxy) is 1. The summed E-state index contributed by atoms with van der Waals surface area (Å²) in [6.07, 6.45) is 0. The molecule has 1 amide bonds. The van der Waals surface area contributed by atoms with Gasteiger partial charge in [-0.25, -0.2) is 13.2 Å². The molecule has 3 rings (SSSR count). The first kappa shape index (κ1) is 23.7. The number of nitrogens with zero attached hydrogens (tertiary/aromatic N) is 1. The number of anilines is 2. The van der Waals surface area contributed by atoms with Gasteiger partial charge in [-0.2, -0.15) is 0 Å². The topological polar surface area (TPSA) is 92.8 Å². The molecule has 3 aromatic carbocycles. The summed E-state index contributed by atoms with van der Waals surface area (Å²) in [7, 11) is -4.01. The van der Waals surface area contributed by atoms with E-state index >= 15 is 0 Å². The summed E-state index contributed by atoms with van der Waals surface area (Å²) in [6, 6.07) is 21.1. The van der Waals surface area contributed by atoms with Crippen molar-refractivity contribution in [2.75, 3.05) is 22.8 Å². The Bertz CT molecular complexity index is 1200. The smallest absolute Gasteiger partial charge is 0.340 e. The maximum absolute atomic E-state index is 13.3. The molecule has 0 aromatic heterocycles. The van der Waals surface area contributed by atoms with E-state index in [-0.39, 0.29) is 22.8 Å². The first-order valence-electron chi connectivity index (χ1n) is 9.72. The minimum Gasteiger partial charge on any atom is -0.462 e. The van der Waals surface area contributed by atoms with Gasteiger partial charge in [-0.1, -0.05) is 30.3 Å². The van der Waals surface area contributed by atoms with Crippen LogP contribution in [-0.4, -0.2) is 33.4 Å². The highest BCUT2D eigenvalue weighted by Gasteiger charge is 2.27. The average Bonchev–Trinajstić information content (AvgIpc) is 2.79. The molecule has 0 saturated heterocycles. The van der Waals surface area contributed by atoms with Crippen LogP contribution in [0.1, 0.15) is 17.3 Å². The SMILES string of the molecule is CCOC(=O)c1ccccc1NC(=O)CN(c1ccc(I)cc1)S(=O)(=O)c1ccccc1. The highest BCUT2D eigenvalue weighted by atomic mass is 127. The number of benzene rings is 3. The van der Waals surface area contributed by atoms with E-state index < -0.39 is 28.4 Å². The van der Waals surface area contributed by atoms with E-state index in [0.717, 1.165) is 7.88 Å². The lowest BCUT2D eigenvalue weighted by atomic mass is 10.2. The third-order valence-electron chi connectivity index (χ3n) is 4.43. The first-order valence-corrected chi connectivity index (χ1v) is 12.2. The van der Waals surface area contributed by atoms with Gasteiger partial charge in [0.2, 0.25) is 5.91 Å². The summed E-state index contributed by atoms with van der Waals surface area (Å²) in [5, 5.41) is 2.64. The Hall–Kier alpha value is -2.92. The van der Waals surface area contributed by atoms with E-state index in [4.69, 9.17) is 4.74 Å². The fourth-order valence-corrected chi connectivity index (χ4v) is 4.74. The zero-order chi connectivity index (χ0) is 23.1. The number of halogens is 1. The van der Waals surface area contributed by atoms with Gasteiger partial charge in [0.05, 0.1) is 28.4 Å². The number of rotatable bonds is 8. The number of nitrogens with one attached hydrogen (secondary N) is 1. The fraction of sp³-hybridized carbons (Fsp3) is 0.130. The molecule has 1 N–H and O–H groups in total. The molecule has 3 aromatic rings. The largest absolute Gasteiger partial charge is 0.462 e. The van der Waals surface area contributed by atoms with E-state index in [1.807, 2.05) is 0 Å². The van der Waals surface area contributed by atoms with E-state index in [0.29, 0.717) is 5.69 Å². The quantitative estimate of drug-likeness (QED) is 0.326. The van der Waals surface area contributed by atoms with Gasteiger partial charge in [0.1, 0.15) is 6.54 Å². The number of carbonyl (C=O) groups is 2. The molecule has 0 unspecified atom stereocenters. The van der Waals surface area contributed by atoms with E-state index in [1.165, 1.54) is 18.2 Å². The van der Waals surface area contributed by atoms with Crippen molar-refractivity contribution in [1.29, 1.82) is 0 Å². The van der Waals surface area contributed by atoms with Crippen LogP contribution < -0.4 is 9.62 Å². The van der Waals surface area contributed by atoms with Crippen molar-refractivity contribution in [1.82, 2.24) is 0 Å². The molecule has 0 saturated carbocycles. The van der Waals surface area contributed by atoms with Crippen LogP contribution in [0.4, 0.5) is 11.4 Å². The van der Waals surface area contributed by atoms with Crippen LogP contribution in [0, 0.1) is 3.57 Å². The highest BCUT2D eigenvalue weighted by molar-refractivity contribution is 14.1. The van der Waals surface area contributed by atoms with E-state index in [2.05, 4.69) is 27.9 Å². The molecule has 0 spiro atoms. The number of amides is 1. The van der Waals surface area contributed by atoms with Crippen LogP contribution in [0.25, 0.3) is 0 Å². The van der Waals surface area contributed by atoms with Crippen molar-refractivity contribution in [2.45, 2.75) is 11.8 Å². The zero-order valence-electron chi connectivity index (χ0n) is 17.2. The molecule has 0 heterocycles. The van der Waals surface area contributed by atoms with Crippen LogP contribution in [0.2, 0.25) is 0 Å². The van der Waals surface area contributed by atoms with E-state index in [9.17, 15) is 18.0 Å². The Morgan fingerprint density at radius 1 is 0.938 bits per heavy atom. The maximum Gasteiger partial charge on any atom is 0.340 e.